The van der Waals surface area contributed by atoms with Gasteiger partial charge >= 0.3 is 4.87 Å². The van der Waals surface area contributed by atoms with Gasteiger partial charge < -0.3 is 4.98 Å². The van der Waals surface area contributed by atoms with Crippen molar-refractivity contribution in [2.45, 2.75) is 24.1 Å². The quantitative estimate of drug-likeness (QED) is 0.860. The molecule has 2 N–H and O–H groups in total. The van der Waals surface area contributed by atoms with Crippen LogP contribution in [-0.2, 0) is 10.0 Å². The van der Waals surface area contributed by atoms with Gasteiger partial charge in [-0.3, -0.25) is 4.79 Å². The van der Waals surface area contributed by atoms with Crippen LogP contribution < -0.4 is 9.60 Å². The maximum atomic E-state index is 12.3. The van der Waals surface area contributed by atoms with Gasteiger partial charge in [0, 0.05) is 16.2 Å². The second kappa shape index (κ2) is 5.80. The van der Waals surface area contributed by atoms with Crippen LogP contribution in [-0.4, -0.2) is 13.4 Å². The smallest absolute Gasteiger partial charge is 0.305 e. The van der Waals surface area contributed by atoms with Crippen LogP contribution in [0, 0.1) is 6.92 Å². The SMILES string of the molecule is Cc1[nH]c(=O)sc1S(=O)(=O)NC(C)c1cccc(Br)c1. The fourth-order valence-electron chi connectivity index (χ4n) is 1.78. The minimum absolute atomic E-state index is 0.0318. The second-order valence-corrected chi connectivity index (χ2v) is 8.13. The molecule has 2 aromatic rings. The van der Waals surface area contributed by atoms with Crippen LogP contribution >= 0.6 is 27.3 Å². The van der Waals surface area contributed by atoms with Crippen LogP contribution in [0.4, 0.5) is 0 Å². The number of thiazole rings is 1. The molecule has 20 heavy (non-hydrogen) atoms. The zero-order valence-electron chi connectivity index (χ0n) is 10.8. The van der Waals surface area contributed by atoms with E-state index in [2.05, 4.69) is 25.6 Å². The molecule has 0 aliphatic heterocycles. The summed E-state index contributed by atoms with van der Waals surface area (Å²) in [6.07, 6.45) is 0. The standard InChI is InChI=1S/C12H13BrN2O3S2/c1-7(9-4-3-5-10(13)6-9)15-20(17,18)11-8(2)14-12(16)19-11/h3-7,15H,1-2H3,(H,14,16). The van der Waals surface area contributed by atoms with Gasteiger partial charge in [-0.1, -0.05) is 39.4 Å². The number of sulfonamides is 1. The van der Waals surface area contributed by atoms with Gasteiger partial charge in [0.05, 0.1) is 0 Å². The van der Waals surface area contributed by atoms with Crippen LogP contribution in [0.2, 0.25) is 0 Å². The van der Waals surface area contributed by atoms with Crippen molar-refractivity contribution >= 4 is 37.3 Å². The maximum Gasteiger partial charge on any atom is 0.305 e. The number of aromatic nitrogens is 1. The summed E-state index contributed by atoms with van der Waals surface area (Å²) in [5.74, 6) is 0. The van der Waals surface area contributed by atoms with Crippen molar-refractivity contribution in [3.63, 3.8) is 0 Å². The van der Waals surface area contributed by atoms with E-state index >= 15 is 0 Å². The van der Waals surface area contributed by atoms with Crippen LogP contribution in [0.1, 0.15) is 24.2 Å². The minimum Gasteiger partial charge on any atom is -0.315 e. The Kier molecular flexibility index (Phi) is 4.48. The minimum atomic E-state index is -3.71. The Balaban J connectivity index is 2.29. The molecule has 0 aliphatic rings. The third-order valence-corrected chi connectivity index (χ3v) is 6.34. The largest absolute Gasteiger partial charge is 0.315 e. The van der Waals surface area contributed by atoms with Crippen molar-refractivity contribution in [1.82, 2.24) is 9.71 Å². The first-order chi connectivity index (χ1) is 9.29. The van der Waals surface area contributed by atoms with Gasteiger partial charge in [0.25, 0.3) is 10.0 Å². The summed E-state index contributed by atoms with van der Waals surface area (Å²) in [6.45, 7) is 3.32. The van der Waals surface area contributed by atoms with Crippen molar-refractivity contribution < 1.29 is 8.42 Å². The van der Waals surface area contributed by atoms with E-state index in [4.69, 9.17) is 0 Å². The van der Waals surface area contributed by atoms with Crippen molar-refractivity contribution in [2.24, 2.45) is 0 Å². The average molecular weight is 377 g/mol. The fourth-order valence-corrected chi connectivity index (χ4v) is 4.74. The summed E-state index contributed by atoms with van der Waals surface area (Å²) in [6, 6.07) is 7.00. The van der Waals surface area contributed by atoms with Crippen molar-refractivity contribution in [1.29, 1.82) is 0 Å². The molecule has 2 rings (SSSR count). The summed E-state index contributed by atoms with van der Waals surface area (Å²) >= 11 is 4.04. The number of aryl methyl sites for hydroxylation is 1. The van der Waals surface area contributed by atoms with E-state index in [9.17, 15) is 13.2 Å². The van der Waals surface area contributed by atoms with Crippen LogP contribution in [0.3, 0.4) is 0 Å². The summed E-state index contributed by atoms with van der Waals surface area (Å²) in [7, 11) is -3.71. The summed E-state index contributed by atoms with van der Waals surface area (Å²) in [4.78, 5) is 13.3. The fraction of sp³-hybridized carbons (Fsp3) is 0.250. The Morgan fingerprint density at radius 2 is 2.10 bits per heavy atom. The molecule has 1 aromatic heterocycles. The Hall–Kier alpha value is -0.960. The van der Waals surface area contributed by atoms with Crippen molar-refractivity contribution in [3.8, 4) is 0 Å². The summed E-state index contributed by atoms with van der Waals surface area (Å²) < 4.78 is 28.0. The first-order valence-electron chi connectivity index (χ1n) is 5.77. The Labute approximate surface area is 129 Å². The van der Waals surface area contributed by atoms with Gasteiger partial charge in [-0.15, -0.1) is 0 Å². The zero-order chi connectivity index (χ0) is 14.9. The molecule has 8 heteroatoms. The van der Waals surface area contributed by atoms with Gasteiger partial charge in [-0.25, -0.2) is 13.1 Å². The molecule has 108 valence electrons. The van der Waals surface area contributed by atoms with E-state index in [0.29, 0.717) is 17.0 Å². The Morgan fingerprint density at radius 3 is 2.65 bits per heavy atom. The molecular weight excluding hydrogens is 364 g/mol. The average Bonchev–Trinajstić information content (AvgIpc) is 2.69. The highest BCUT2D eigenvalue weighted by Crippen LogP contribution is 2.22. The van der Waals surface area contributed by atoms with E-state index in [1.54, 1.807) is 13.8 Å². The van der Waals surface area contributed by atoms with Gasteiger partial charge in [0.1, 0.15) is 0 Å². The van der Waals surface area contributed by atoms with Crippen LogP contribution in [0.15, 0.2) is 37.7 Å². The second-order valence-electron chi connectivity index (χ2n) is 4.32. The number of nitrogens with one attached hydrogen (secondary N) is 2. The van der Waals surface area contributed by atoms with Crippen LogP contribution in [0.25, 0.3) is 0 Å². The molecule has 5 nitrogen and oxygen atoms in total. The molecule has 0 bridgehead atoms. The molecule has 1 atom stereocenters. The van der Waals surface area contributed by atoms with E-state index in [1.807, 2.05) is 24.3 Å². The van der Waals surface area contributed by atoms with E-state index in [0.717, 1.165) is 10.0 Å². The molecule has 0 radical (unpaired) electrons. The number of rotatable bonds is 4. The highest BCUT2D eigenvalue weighted by atomic mass is 79.9. The summed E-state index contributed by atoms with van der Waals surface area (Å²) in [5, 5.41) is 0. The molecule has 0 fully saturated rings. The normalized spacial score (nSPS) is 13.3. The Bertz CT molecular complexity index is 780. The molecule has 0 saturated heterocycles. The highest BCUT2D eigenvalue weighted by Gasteiger charge is 2.23. The lowest BCUT2D eigenvalue weighted by molar-refractivity contribution is 0.568. The summed E-state index contributed by atoms with van der Waals surface area (Å²) in [5.41, 5.74) is 1.19. The van der Waals surface area contributed by atoms with Crippen molar-refractivity contribution in [2.75, 3.05) is 0 Å². The van der Waals surface area contributed by atoms with E-state index in [1.165, 1.54) is 0 Å². The van der Waals surface area contributed by atoms with Gasteiger partial charge in [0.2, 0.25) is 0 Å². The number of hydrogen-bond donors (Lipinski definition) is 2. The lowest BCUT2D eigenvalue weighted by Crippen LogP contribution is -2.26. The number of halogens is 1. The Morgan fingerprint density at radius 1 is 1.40 bits per heavy atom. The maximum absolute atomic E-state index is 12.3. The molecule has 1 unspecified atom stereocenters. The highest BCUT2D eigenvalue weighted by molar-refractivity contribution is 9.10. The first-order valence-corrected chi connectivity index (χ1v) is 8.86. The van der Waals surface area contributed by atoms with Gasteiger partial charge in [0.15, 0.2) is 4.21 Å². The van der Waals surface area contributed by atoms with E-state index < -0.39 is 16.1 Å². The molecule has 1 aromatic carbocycles. The molecular formula is C12H13BrN2O3S2. The topological polar surface area (TPSA) is 79.0 Å². The molecule has 0 saturated carbocycles. The van der Waals surface area contributed by atoms with Crippen molar-refractivity contribution in [3.05, 3.63) is 49.7 Å². The monoisotopic (exact) mass is 376 g/mol. The first kappa shape index (κ1) is 15.4. The predicted octanol–water partition coefficient (Wildman–Crippen LogP) is 2.55. The number of benzene rings is 1. The molecule has 0 aliphatic carbocycles. The third-order valence-electron chi connectivity index (χ3n) is 2.71. The molecule has 1 heterocycles. The molecule has 0 amide bonds. The van der Waals surface area contributed by atoms with Gasteiger partial charge in [-0.05, 0) is 31.5 Å². The van der Waals surface area contributed by atoms with Gasteiger partial charge in [-0.2, -0.15) is 0 Å². The number of aromatic amines is 1. The zero-order valence-corrected chi connectivity index (χ0v) is 14.0. The lowest BCUT2D eigenvalue weighted by Gasteiger charge is -2.14. The number of H-pyrrole nitrogens is 1. The molecule has 0 spiro atoms. The number of hydrogen-bond acceptors (Lipinski definition) is 4. The third kappa shape index (κ3) is 3.38. The lowest BCUT2D eigenvalue weighted by atomic mass is 10.1. The van der Waals surface area contributed by atoms with E-state index in [-0.39, 0.29) is 9.08 Å². The predicted molar refractivity (Wildman–Crippen MR) is 82.6 cm³/mol. The van der Waals surface area contributed by atoms with Crippen LogP contribution in [0.5, 0.6) is 0 Å².